The van der Waals surface area contributed by atoms with E-state index in [1.165, 1.54) is 0 Å². The fourth-order valence-electron chi connectivity index (χ4n) is 2.79. The Morgan fingerprint density at radius 3 is 2.71 bits per heavy atom. The summed E-state index contributed by atoms with van der Waals surface area (Å²) in [7, 11) is 0. The van der Waals surface area contributed by atoms with Gasteiger partial charge >= 0.3 is 0 Å². The first-order valence-electron chi connectivity index (χ1n) is 8.23. The van der Waals surface area contributed by atoms with Gasteiger partial charge in [0.2, 0.25) is 5.91 Å². The number of hydrogen-bond donors (Lipinski definition) is 3. The number of carbonyl (C=O) groups is 2. The third-order valence-electron chi connectivity index (χ3n) is 4.35. The summed E-state index contributed by atoms with van der Waals surface area (Å²) in [5.74, 6) is 0.393. The molecule has 1 unspecified atom stereocenters. The second kappa shape index (κ2) is 8.70. The van der Waals surface area contributed by atoms with Crippen molar-refractivity contribution < 1.29 is 9.59 Å². The molecule has 7 heteroatoms. The van der Waals surface area contributed by atoms with Crippen LogP contribution < -0.4 is 16.0 Å². The van der Waals surface area contributed by atoms with Gasteiger partial charge in [-0.25, -0.2) is 0 Å². The summed E-state index contributed by atoms with van der Waals surface area (Å²) in [4.78, 5) is 24.2. The van der Waals surface area contributed by atoms with Crippen LogP contribution in [-0.2, 0) is 4.79 Å². The van der Waals surface area contributed by atoms with E-state index in [1.807, 2.05) is 0 Å². The van der Waals surface area contributed by atoms with E-state index in [4.69, 9.17) is 11.6 Å². The third-order valence-corrected chi connectivity index (χ3v) is 4.68. The first-order chi connectivity index (χ1) is 11.1. The van der Waals surface area contributed by atoms with Crippen molar-refractivity contribution in [2.75, 3.05) is 18.4 Å². The minimum atomic E-state index is -0.175. The van der Waals surface area contributed by atoms with Crippen LogP contribution in [0.15, 0.2) is 18.2 Å². The average Bonchev–Trinajstić information content (AvgIpc) is 3.18. The number of amides is 2. The van der Waals surface area contributed by atoms with Crippen LogP contribution in [0.5, 0.6) is 0 Å². The number of carbonyl (C=O) groups excluding carboxylic acids is 2. The van der Waals surface area contributed by atoms with Gasteiger partial charge in [0.05, 0.1) is 10.6 Å². The molecule has 1 atom stereocenters. The molecule has 1 aliphatic carbocycles. The molecule has 2 amide bonds. The number of halogens is 2. The summed E-state index contributed by atoms with van der Waals surface area (Å²) in [6, 6.07) is 5.30. The van der Waals surface area contributed by atoms with Gasteiger partial charge in [0.15, 0.2) is 0 Å². The molecule has 1 saturated heterocycles. The van der Waals surface area contributed by atoms with Crippen molar-refractivity contribution in [3.05, 3.63) is 28.8 Å². The quantitative estimate of drug-likeness (QED) is 0.719. The third kappa shape index (κ3) is 5.36. The van der Waals surface area contributed by atoms with Crippen molar-refractivity contribution >= 4 is 41.5 Å². The second-order valence-corrected chi connectivity index (χ2v) is 6.80. The lowest BCUT2D eigenvalue weighted by Crippen LogP contribution is -2.25. The van der Waals surface area contributed by atoms with Crippen LogP contribution >= 0.6 is 24.0 Å². The molecule has 1 saturated carbocycles. The Bertz CT molecular complexity index is 599. The Morgan fingerprint density at radius 1 is 1.25 bits per heavy atom. The molecule has 132 valence electrons. The second-order valence-electron chi connectivity index (χ2n) is 6.39. The summed E-state index contributed by atoms with van der Waals surface area (Å²) in [6.07, 6.45) is 4.57. The fourth-order valence-corrected chi connectivity index (χ4v) is 2.99. The van der Waals surface area contributed by atoms with Crippen molar-refractivity contribution in [2.24, 2.45) is 5.92 Å². The molecule has 1 aromatic carbocycles. The Kier molecular flexibility index (Phi) is 6.90. The highest BCUT2D eigenvalue weighted by molar-refractivity contribution is 6.34. The van der Waals surface area contributed by atoms with Gasteiger partial charge in [0.1, 0.15) is 0 Å². The average molecular weight is 372 g/mol. The van der Waals surface area contributed by atoms with E-state index in [2.05, 4.69) is 16.0 Å². The first-order valence-corrected chi connectivity index (χ1v) is 8.60. The van der Waals surface area contributed by atoms with Crippen molar-refractivity contribution in [1.29, 1.82) is 0 Å². The van der Waals surface area contributed by atoms with E-state index in [0.29, 0.717) is 28.6 Å². The number of hydrogen-bond acceptors (Lipinski definition) is 3. The van der Waals surface area contributed by atoms with Crippen molar-refractivity contribution in [3.8, 4) is 0 Å². The maximum atomic E-state index is 12.1. The molecule has 0 spiro atoms. The highest BCUT2D eigenvalue weighted by Crippen LogP contribution is 2.24. The Labute approximate surface area is 153 Å². The van der Waals surface area contributed by atoms with Gasteiger partial charge in [0, 0.05) is 18.2 Å². The van der Waals surface area contributed by atoms with E-state index in [-0.39, 0.29) is 30.3 Å². The molecule has 2 aliphatic rings. The number of rotatable bonds is 6. The van der Waals surface area contributed by atoms with Gasteiger partial charge in [-0.3, -0.25) is 9.59 Å². The minimum Gasteiger partial charge on any atom is -0.349 e. The highest BCUT2D eigenvalue weighted by atomic mass is 35.5. The standard InChI is InChI=1S/C17H22ClN3O2.ClH/c18-15-5-4-13(9-14(15)17(23)21-12-2-3-12)20-16(22)6-1-11-7-8-19-10-11;/h4-5,9,11-12,19H,1-3,6-8,10H2,(H,20,22)(H,21,23);1H. The van der Waals surface area contributed by atoms with E-state index in [0.717, 1.165) is 38.8 Å². The summed E-state index contributed by atoms with van der Waals surface area (Å²) >= 11 is 6.10. The van der Waals surface area contributed by atoms with Gasteiger partial charge in [-0.2, -0.15) is 0 Å². The molecular weight excluding hydrogens is 349 g/mol. The Morgan fingerprint density at radius 2 is 2.04 bits per heavy atom. The number of benzene rings is 1. The van der Waals surface area contributed by atoms with Crippen LogP contribution in [0.4, 0.5) is 5.69 Å². The van der Waals surface area contributed by atoms with E-state index < -0.39 is 0 Å². The molecule has 1 aromatic rings. The van der Waals surface area contributed by atoms with E-state index >= 15 is 0 Å². The molecule has 5 nitrogen and oxygen atoms in total. The molecule has 2 fully saturated rings. The van der Waals surface area contributed by atoms with Crippen LogP contribution in [0.3, 0.4) is 0 Å². The zero-order chi connectivity index (χ0) is 16.2. The molecule has 0 radical (unpaired) electrons. The molecule has 3 rings (SSSR count). The Balaban J connectivity index is 0.00000208. The highest BCUT2D eigenvalue weighted by Gasteiger charge is 2.25. The largest absolute Gasteiger partial charge is 0.349 e. The SMILES string of the molecule is Cl.O=C(CCC1CCNC1)Nc1ccc(Cl)c(C(=O)NC2CC2)c1. The lowest BCUT2D eigenvalue weighted by molar-refractivity contribution is -0.116. The van der Waals surface area contributed by atoms with Gasteiger partial charge in [0.25, 0.3) is 5.91 Å². The topological polar surface area (TPSA) is 70.2 Å². The molecular formula is C17H23Cl2N3O2. The summed E-state index contributed by atoms with van der Waals surface area (Å²) in [5, 5.41) is 9.47. The fraction of sp³-hybridized carbons (Fsp3) is 0.529. The van der Waals surface area contributed by atoms with Crippen molar-refractivity contribution in [1.82, 2.24) is 10.6 Å². The van der Waals surface area contributed by atoms with Crippen molar-refractivity contribution in [3.63, 3.8) is 0 Å². The smallest absolute Gasteiger partial charge is 0.253 e. The molecule has 1 aliphatic heterocycles. The number of anilines is 1. The Hall–Kier alpha value is -1.30. The predicted molar refractivity (Wildman–Crippen MR) is 98.0 cm³/mol. The lowest BCUT2D eigenvalue weighted by Gasteiger charge is -2.11. The van der Waals surface area contributed by atoms with Gasteiger partial charge in [-0.05, 0) is 62.9 Å². The monoisotopic (exact) mass is 371 g/mol. The first kappa shape index (κ1) is 19.0. The predicted octanol–water partition coefficient (Wildman–Crippen LogP) is 2.98. The van der Waals surface area contributed by atoms with Gasteiger partial charge in [-0.15, -0.1) is 12.4 Å². The van der Waals surface area contributed by atoms with E-state index in [9.17, 15) is 9.59 Å². The molecule has 0 bridgehead atoms. The van der Waals surface area contributed by atoms with Crippen LogP contribution in [-0.4, -0.2) is 30.9 Å². The van der Waals surface area contributed by atoms with E-state index in [1.54, 1.807) is 18.2 Å². The zero-order valence-corrected chi connectivity index (χ0v) is 15.0. The minimum absolute atomic E-state index is 0. The van der Waals surface area contributed by atoms with Crippen LogP contribution in [0.1, 0.15) is 42.5 Å². The summed E-state index contributed by atoms with van der Waals surface area (Å²) in [6.45, 7) is 2.04. The zero-order valence-electron chi connectivity index (χ0n) is 13.4. The van der Waals surface area contributed by atoms with Crippen molar-refractivity contribution in [2.45, 2.75) is 38.1 Å². The number of nitrogens with one attached hydrogen (secondary N) is 3. The van der Waals surface area contributed by atoms with Crippen LogP contribution in [0.2, 0.25) is 5.02 Å². The van der Waals surface area contributed by atoms with Gasteiger partial charge in [-0.1, -0.05) is 11.6 Å². The molecule has 1 heterocycles. The van der Waals surface area contributed by atoms with Crippen LogP contribution in [0, 0.1) is 5.92 Å². The lowest BCUT2D eigenvalue weighted by atomic mass is 10.0. The molecule has 0 aromatic heterocycles. The summed E-state index contributed by atoms with van der Waals surface area (Å²) < 4.78 is 0. The normalized spacial score (nSPS) is 19.5. The maximum absolute atomic E-state index is 12.1. The molecule has 24 heavy (non-hydrogen) atoms. The van der Waals surface area contributed by atoms with Gasteiger partial charge < -0.3 is 16.0 Å². The summed E-state index contributed by atoms with van der Waals surface area (Å²) in [5.41, 5.74) is 1.03. The maximum Gasteiger partial charge on any atom is 0.253 e. The molecule has 3 N–H and O–H groups in total. The van der Waals surface area contributed by atoms with Crippen LogP contribution in [0.25, 0.3) is 0 Å².